The quantitative estimate of drug-likeness (QED) is 0.857. The average molecular weight is 261 g/mol. The van der Waals surface area contributed by atoms with Crippen LogP contribution < -0.4 is 10.5 Å². The van der Waals surface area contributed by atoms with Gasteiger partial charge in [0.25, 0.3) is 0 Å². The number of nitrogens with two attached hydrogens (primary N) is 1. The molecule has 0 radical (unpaired) electrons. The summed E-state index contributed by atoms with van der Waals surface area (Å²) >= 11 is 1.49. The number of aromatic nitrogens is 2. The highest BCUT2D eigenvalue weighted by atomic mass is 32.2. The summed E-state index contributed by atoms with van der Waals surface area (Å²) < 4.78 is 5.35. The maximum atomic E-state index is 6.01. The lowest BCUT2D eigenvalue weighted by Crippen LogP contribution is -2.08. The molecule has 0 saturated carbocycles. The van der Waals surface area contributed by atoms with E-state index in [4.69, 9.17) is 10.5 Å². The number of benzene rings is 1. The van der Waals surface area contributed by atoms with Crippen molar-refractivity contribution in [2.45, 2.75) is 23.0 Å². The summed E-state index contributed by atoms with van der Waals surface area (Å²) in [4.78, 5) is 9.42. The molecule has 0 aliphatic rings. The van der Waals surface area contributed by atoms with Gasteiger partial charge in [0.1, 0.15) is 5.75 Å². The van der Waals surface area contributed by atoms with E-state index in [9.17, 15) is 0 Å². The lowest BCUT2D eigenvalue weighted by molar-refractivity contribution is 0.405. The molecule has 1 atom stereocenters. The zero-order valence-electron chi connectivity index (χ0n) is 10.3. The monoisotopic (exact) mass is 261 g/mol. The predicted octanol–water partition coefficient (Wildman–Crippen LogP) is 2.66. The fourth-order valence-corrected chi connectivity index (χ4v) is 2.64. The molecular weight excluding hydrogens is 246 g/mol. The first kappa shape index (κ1) is 12.9. The van der Waals surface area contributed by atoms with Crippen molar-refractivity contribution in [3.8, 4) is 5.75 Å². The van der Waals surface area contributed by atoms with Gasteiger partial charge in [0, 0.05) is 28.9 Å². The minimum atomic E-state index is -0.104. The topological polar surface area (TPSA) is 61.0 Å². The lowest BCUT2D eigenvalue weighted by Gasteiger charge is -2.15. The van der Waals surface area contributed by atoms with E-state index in [-0.39, 0.29) is 6.04 Å². The Balaban J connectivity index is 2.38. The van der Waals surface area contributed by atoms with Crippen molar-refractivity contribution >= 4 is 11.8 Å². The van der Waals surface area contributed by atoms with Gasteiger partial charge in [0.05, 0.1) is 7.11 Å². The van der Waals surface area contributed by atoms with Crippen molar-refractivity contribution in [1.82, 2.24) is 9.97 Å². The molecule has 0 fully saturated rings. The van der Waals surface area contributed by atoms with E-state index in [1.165, 1.54) is 11.8 Å². The van der Waals surface area contributed by atoms with Gasteiger partial charge in [-0.1, -0.05) is 6.07 Å². The minimum absolute atomic E-state index is 0.104. The molecule has 4 nitrogen and oxygen atoms in total. The molecule has 1 aromatic carbocycles. The van der Waals surface area contributed by atoms with Gasteiger partial charge in [-0.25, -0.2) is 9.97 Å². The van der Waals surface area contributed by atoms with Gasteiger partial charge >= 0.3 is 0 Å². The first-order chi connectivity index (χ1) is 8.72. The van der Waals surface area contributed by atoms with Crippen LogP contribution in [-0.2, 0) is 0 Å². The molecule has 1 heterocycles. The summed E-state index contributed by atoms with van der Waals surface area (Å²) in [5, 5.41) is 0.702. The van der Waals surface area contributed by atoms with Crippen LogP contribution in [0.25, 0.3) is 0 Å². The zero-order valence-corrected chi connectivity index (χ0v) is 11.1. The summed E-state index contributed by atoms with van der Waals surface area (Å²) in [6, 6.07) is 7.54. The molecule has 0 amide bonds. The fraction of sp³-hybridized carbons (Fsp3) is 0.231. The Morgan fingerprint density at radius 1 is 1.22 bits per heavy atom. The van der Waals surface area contributed by atoms with Crippen molar-refractivity contribution in [2.24, 2.45) is 5.73 Å². The summed E-state index contributed by atoms with van der Waals surface area (Å²) in [5.74, 6) is 0.797. The van der Waals surface area contributed by atoms with Crippen LogP contribution in [0.15, 0.2) is 46.7 Å². The van der Waals surface area contributed by atoms with Crippen LogP contribution in [0, 0.1) is 0 Å². The van der Waals surface area contributed by atoms with Crippen LogP contribution in [0.5, 0.6) is 5.75 Å². The largest absolute Gasteiger partial charge is 0.496 e. The molecule has 94 valence electrons. The van der Waals surface area contributed by atoms with E-state index in [1.54, 1.807) is 25.6 Å². The van der Waals surface area contributed by atoms with Gasteiger partial charge in [-0.15, -0.1) is 0 Å². The van der Waals surface area contributed by atoms with Crippen molar-refractivity contribution in [3.63, 3.8) is 0 Å². The Kier molecular flexibility index (Phi) is 4.17. The molecule has 2 N–H and O–H groups in total. The molecule has 5 heteroatoms. The third-order valence-corrected chi connectivity index (χ3v) is 3.41. The van der Waals surface area contributed by atoms with Crippen molar-refractivity contribution < 1.29 is 4.74 Å². The molecule has 2 rings (SSSR count). The molecule has 0 aliphatic carbocycles. The van der Waals surface area contributed by atoms with E-state index in [1.807, 2.05) is 25.1 Å². The van der Waals surface area contributed by atoms with Crippen LogP contribution in [-0.4, -0.2) is 17.1 Å². The van der Waals surface area contributed by atoms with Gasteiger partial charge in [-0.3, -0.25) is 0 Å². The zero-order chi connectivity index (χ0) is 13.0. The Morgan fingerprint density at radius 3 is 2.56 bits per heavy atom. The molecule has 0 aliphatic heterocycles. The third kappa shape index (κ3) is 2.80. The SMILES string of the molecule is COc1cccc(Sc2ncccn2)c1[C@@H](C)N. The second-order valence-electron chi connectivity index (χ2n) is 3.79. The predicted molar refractivity (Wildman–Crippen MR) is 71.8 cm³/mol. The van der Waals surface area contributed by atoms with Crippen molar-refractivity contribution in [1.29, 1.82) is 0 Å². The number of rotatable bonds is 4. The highest BCUT2D eigenvalue weighted by Gasteiger charge is 2.14. The molecule has 0 spiro atoms. The summed E-state index contributed by atoms with van der Waals surface area (Å²) in [6.07, 6.45) is 3.45. The highest BCUT2D eigenvalue weighted by Crippen LogP contribution is 2.36. The van der Waals surface area contributed by atoms with Gasteiger partial charge < -0.3 is 10.5 Å². The molecule has 18 heavy (non-hydrogen) atoms. The van der Waals surface area contributed by atoms with Crippen LogP contribution >= 0.6 is 11.8 Å². The Labute approximate surface area is 111 Å². The first-order valence-corrected chi connectivity index (χ1v) is 6.41. The van der Waals surface area contributed by atoms with E-state index < -0.39 is 0 Å². The molecule has 2 aromatic rings. The van der Waals surface area contributed by atoms with E-state index in [2.05, 4.69) is 9.97 Å². The molecule has 0 bridgehead atoms. The fourth-order valence-electron chi connectivity index (χ4n) is 1.68. The maximum Gasteiger partial charge on any atom is 0.192 e. The second kappa shape index (κ2) is 5.84. The summed E-state index contributed by atoms with van der Waals surface area (Å²) in [6.45, 7) is 1.94. The second-order valence-corrected chi connectivity index (χ2v) is 4.80. The van der Waals surface area contributed by atoms with E-state index in [0.717, 1.165) is 16.2 Å². The number of nitrogens with zero attached hydrogens (tertiary/aromatic N) is 2. The Hall–Kier alpha value is -1.59. The number of ether oxygens (including phenoxy) is 1. The van der Waals surface area contributed by atoms with Crippen LogP contribution in [0.4, 0.5) is 0 Å². The Bertz CT molecular complexity index is 517. The summed E-state index contributed by atoms with van der Waals surface area (Å²) in [7, 11) is 1.65. The van der Waals surface area contributed by atoms with Gasteiger partial charge in [-0.2, -0.15) is 0 Å². The first-order valence-electron chi connectivity index (χ1n) is 5.59. The third-order valence-electron chi connectivity index (χ3n) is 2.44. The number of hydrogen-bond acceptors (Lipinski definition) is 5. The van der Waals surface area contributed by atoms with Crippen LogP contribution in [0.1, 0.15) is 18.5 Å². The molecular formula is C13H15N3OS. The molecule has 0 saturated heterocycles. The average Bonchev–Trinajstić information content (AvgIpc) is 2.39. The van der Waals surface area contributed by atoms with Crippen LogP contribution in [0.2, 0.25) is 0 Å². The van der Waals surface area contributed by atoms with Crippen molar-refractivity contribution in [2.75, 3.05) is 7.11 Å². The Morgan fingerprint density at radius 2 is 1.94 bits per heavy atom. The van der Waals surface area contributed by atoms with E-state index in [0.29, 0.717) is 5.16 Å². The number of hydrogen-bond donors (Lipinski definition) is 1. The minimum Gasteiger partial charge on any atom is -0.496 e. The smallest absolute Gasteiger partial charge is 0.192 e. The van der Waals surface area contributed by atoms with E-state index >= 15 is 0 Å². The van der Waals surface area contributed by atoms with Crippen LogP contribution in [0.3, 0.4) is 0 Å². The van der Waals surface area contributed by atoms with Gasteiger partial charge in [0.2, 0.25) is 0 Å². The normalized spacial score (nSPS) is 12.2. The molecule has 0 unspecified atom stereocenters. The standard InChI is InChI=1S/C13H15N3OS/c1-9(14)12-10(17-2)5-3-6-11(12)18-13-15-7-4-8-16-13/h3-9H,14H2,1-2H3/t9-/m1/s1. The van der Waals surface area contributed by atoms with Gasteiger partial charge in [0.15, 0.2) is 5.16 Å². The number of methoxy groups -OCH3 is 1. The lowest BCUT2D eigenvalue weighted by atomic mass is 10.1. The van der Waals surface area contributed by atoms with Crippen molar-refractivity contribution in [3.05, 3.63) is 42.2 Å². The maximum absolute atomic E-state index is 6.01. The molecule has 1 aromatic heterocycles. The highest BCUT2D eigenvalue weighted by molar-refractivity contribution is 7.99. The van der Waals surface area contributed by atoms with Gasteiger partial charge in [-0.05, 0) is 36.9 Å². The summed E-state index contributed by atoms with van der Waals surface area (Å²) in [5.41, 5.74) is 6.99.